The Morgan fingerprint density at radius 2 is 1.47 bits per heavy atom. The van der Waals surface area contributed by atoms with E-state index in [0.717, 1.165) is 30.7 Å². The van der Waals surface area contributed by atoms with E-state index < -0.39 is 46.5 Å². The molecule has 3 aromatic rings. The summed E-state index contributed by atoms with van der Waals surface area (Å²) in [4.78, 5) is 0. The summed E-state index contributed by atoms with van der Waals surface area (Å²) >= 11 is 0. The molecule has 2 nitrogen and oxygen atoms in total. The summed E-state index contributed by atoms with van der Waals surface area (Å²) in [6, 6.07) is 7.51. The topological polar surface area (TPSA) is 18.5 Å². The third-order valence-electron chi connectivity index (χ3n) is 5.79. The maximum Gasteiger partial charge on any atom is 0.426 e. The fourth-order valence-corrected chi connectivity index (χ4v) is 3.87. The van der Waals surface area contributed by atoms with E-state index in [1.54, 1.807) is 0 Å². The highest BCUT2D eigenvalue weighted by Crippen LogP contribution is 2.36. The molecule has 4 rings (SSSR count). The van der Waals surface area contributed by atoms with Crippen LogP contribution in [-0.2, 0) is 10.8 Å². The van der Waals surface area contributed by atoms with Gasteiger partial charge in [0, 0.05) is 23.6 Å². The first-order valence-electron chi connectivity index (χ1n) is 10.5. The van der Waals surface area contributed by atoms with Gasteiger partial charge in [0.15, 0.2) is 29.1 Å². The Bertz CT molecular complexity index is 1160. The molecule has 9 heteroatoms. The van der Waals surface area contributed by atoms with E-state index >= 15 is 0 Å². The first-order valence-corrected chi connectivity index (χ1v) is 10.5. The zero-order valence-electron chi connectivity index (χ0n) is 17.9. The second-order valence-corrected chi connectivity index (χ2v) is 8.15. The van der Waals surface area contributed by atoms with Crippen LogP contribution in [0.4, 0.5) is 30.7 Å². The number of ether oxygens (including phenoxy) is 2. The minimum Gasteiger partial charge on any atom is -0.429 e. The molecule has 0 N–H and O–H groups in total. The van der Waals surface area contributed by atoms with E-state index in [9.17, 15) is 30.7 Å². The van der Waals surface area contributed by atoms with E-state index in [0.29, 0.717) is 18.6 Å². The van der Waals surface area contributed by atoms with Crippen molar-refractivity contribution in [3.8, 4) is 16.9 Å². The van der Waals surface area contributed by atoms with Crippen LogP contribution in [-0.4, -0.2) is 12.7 Å². The molecule has 3 aromatic carbocycles. The first-order chi connectivity index (χ1) is 16.1. The maximum absolute atomic E-state index is 14.8. The summed E-state index contributed by atoms with van der Waals surface area (Å²) < 4.78 is 108. The van der Waals surface area contributed by atoms with Crippen molar-refractivity contribution in [1.29, 1.82) is 0 Å². The van der Waals surface area contributed by atoms with Crippen molar-refractivity contribution in [2.24, 2.45) is 0 Å². The Morgan fingerprint density at radius 1 is 0.824 bits per heavy atom. The Hall–Kier alpha value is -3.07. The SMILES string of the molecule is CC1CCC(c2ccc(-c3ccc(C(F)(F)Oc4cc(F)c(F)c(F)c4)cc3)c(F)c2F)CO1. The third-order valence-corrected chi connectivity index (χ3v) is 5.79. The number of rotatable bonds is 5. The summed E-state index contributed by atoms with van der Waals surface area (Å²) in [6.45, 7) is 2.19. The molecule has 0 bridgehead atoms. The van der Waals surface area contributed by atoms with Crippen LogP contribution in [0.5, 0.6) is 5.75 Å². The standard InChI is InChI=1S/C25H19F7O2/c1-13-2-3-15(12-33-13)19-9-8-18(22(28)23(19)29)14-4-6-16(7-5-14)25(31,32)34-17-10-20(26)24(30)21(27)11-17/h4-11,13,15H,2-3,12H2,1H3. The second-order valence-electron chi connectivity index (χ2n) is 8.15. The number of alkyl halides is 2. The quantitative estimate of drug-likeness (QED) is 0.277. The Labute approximate surface area is 190 Å². The average molecular weight is 484 g/mol. The molecule has 1 saturated heterocycles. The van der Waals surface area contributed by atoms with Crippen molar-refractivity contribution in [3.63, 3.8) is 0 Å². The minimum atomic E-state index is -4.04. The molecule has 1 heterocycles. The number of hydrogen-bond acceptors (Lipinski definition) is 2. The van der Waals surface area contributed by atoms with Crippen LogP contribution in [0.25, 0.3) is 11.1 Å². The van der Waals surface area contributed by atoms with Gasteiger partial charge in [-0.2, -0.15) is 8.78 Å². The lowest BCUT2D eigenvalue weighted by Crippen LogP contribution is -2.23. The van der Waals surface area contributed by atoms with Gasteiger partial charge in [0.05, 0.1) is 18.3 Å². The second kappa shape index (κ2) is 9.29. The molecule has 0 aromatic heterocycles. The highest BCUT2D eigenvalue weighted by atomic mass is 19.3. The van der Waals surface area contributed by atoms with Crippen LogP contribution in [0.15, 0.2) is 48.5 Å². The summed E-state index contributed by atoms with van der Waals surface area (Å²) in [5.41, 5.74) is -0.504. The van der Waals surface area contributed by atoms with E-state index in [1.807, 2.05) is 6.92 Å². The lowest BCUT2D eigenvalue weighted by molar-refractivity contribution is -0.185. The highest BCUT2D eigenvalue weighted by molar-refractivity contribution is 5.65. The van der Waals surface area contributed by atoms with Crippen molar-refractivity contribution in [2.45, 2.75) is 37.9 Å². The minimum absolute atomic E-state index is 0.0603. The lowest BCUT2D eigenvalue weighted by atomic mass is 9.89. The van der Waals surface area contributed by atoms with Gasteiger partial charge in [0.2, 0.25) is 0 Å². The Kier molecular flexibility index (Phi) is 6.58. The smallest absolute Gasteiger partial charge is 0.426 e. The van der Waals surface area contributed by atoms with Crippen LogP contribution >= 0.6 is 0 Å². The molecule has 0 radical (unpaired) electrons. The molecular weight excluding hydrogens is 465 g/mol. The number of halogens is 7. The number of benzene rings is 3. The van der Waals surface area contributed by atoms with Gasteiger partial charge in [-0.3, -0.25) is 0 Å². The van der Waals surface area contributed by atoms with Crippen LogP contribution in [0.2, 0.25) is 0 Å². The zero-order valence-corrected chi connectivity index (χ0v) is 17.9. The molecule has 2 unspecified atom stereocenters. The molecule has 180 valence electrons. The predicted molar refractivity (Wildman–Crippen MR) is 110 cm³/mol. The largest absolute Gasteiger partial charge is 0.429 e. The molecule has 0 aliphatic carbocycles. The van der Waals surface area contributed by atoms with Crippen LogP contribution in [0.1, 0.15) is 36.8 Å². The molecule has 34 heavy (non-hydrogen) atoms. The Balaban J connectivity index is 1.55. The monoisotopic (exact) mass is 484 g/mol. The van der Waals surface area contributed by atoms with Crippen molar-refractivity contribution in [1.82, 2.24) is 0 Å². The molecule has 0 saturated carbocycles. The normalized spacial score (nSPS) is 18.7. The fraction of sp³-hybridized carbons (Fsp3) is 0.280. The summed E-state index contributed by atoms with van der Waals surface area (Å²) in [5.74, 6) is -8.50. The van der Waals surface area contributed by atoms with Crippen LogP contribution in [0.3, 0.4) is 0 Å². The summed E-state index contributed by atoms with van der Waals surface area (Å²) in [5, 5.41) is 0. The van der Waals surface area contributed by atoms with Gasteiger partial charge in [0.1, 0.15) is 5.75 Å². The lowest BCUT2D eigenvalue weighted by Gasteiger charge is -2.27. The van der Waals surface area contributed by atoms with Crippen LogP contribution < -0.4 is 4.74 Å². The predicted octanol–water partition coefficient (Wildman–Crippen LogP) is 7.46. The maximum atomic E-state index is 14.8. The van der Waals surface area contributed by atoms with E-state index in [-0.39, 0.29) is 35.3 Å². The molecule has 2 atom stereocenters. The Morgan fingerprint density at radius 3 is 2.06 bits per heavy atom. The molecule has 1 aliphatic rings. The van der Waals surface area contributed by atoms with Crippen LogP contribution in [0, 0.1) is 29.1 Å². The molecular formula is C25H19F7O2. The molecule has 1 aliphatic heterocycles. The van der Waals surface area contributed by atoms with Gasteiger partial charge < -0.3 is 9.47 Å². The number of hydrogen-bond donors (Lipinski definition) is 0. The molecule has 0 spiro atoms. The van der Waals surface area contributed by atoms with Gasteiger partial charge in [-0.05, 0) is 43.0 Å². The summed E-state index contributed by atoms with van der Waals surface area (Å²) in [7, 11) is 0. The molecule has 0 amide bonds. The van der Waals surface area contributed by atoms with E-state index in [4.69, 9.17) is 4.74 Å². The fourth-order valence-electron chi connectivity index (χ4n) is 3.87. The van der Waals surface area contributed by atoms with E-state index in [2.05, 4.69) is 4.74 Å². The van der Waals surface area contributed by atoms with Gasteiger partial charge >= 0.3 is 6.11 Å². The average Bonchev–Trinajstić information content (AvgIpc) is 2.80. The van der Waals surface area contributed by atoms with Gasteiger partial charge in [-0.15, -0.1) is 0 Å². The third kappa shape index (κ3) is 4.75. The van der Waals surface area contributed by atoms with Crippen molar-refractivity contribution >= 4 is 0 Å². The van der Waals surface area contributed by atoms with Gasteiger partial charge in [-0.25, -0.2) is 22.0 Å². The highest BCUT2D eigenvalue weighted by Gasteiger charge is 2.35. The van der Waals surface area contributed by atoms with Crippen molar-refractivity contribution in [2.75, 3.05) is 6.61 Å². The molecule has 1 fully saturated rings. The first kappa shape index (κ1) is 24.1. The van der Waals surface area contributed by atoms with Crippen molar-refractivity contribution in [3.05, 3.63) is 88.7 Å². The van der Waals surface area contributed by atoms with E-state index in [1.165, 1.54) is 12.1 Å². The van der Waals surface area contributed by atoms with Gasteiger partial charge in [-0.1, -0.05) is 24.3 Å². The van der Waals surface area contributed by atoms with Gasteiger partial charge in [0.25, 0.3) is 0 Å². The van der Waals surface area contributed by atoms with Crippen molar-refractivity contribution < 1.29 is 40.2 Å². The summed E-state index contributed by atoms with van der Waals surface area (Å²) in [6.07, 6.45) is -2.60. The zero-order chi connectivity index (χ0) is 24.6.